The lowest BCUT2D eigenvalue weighted by molar-refractivity contribution is -0.141. The van der Waals surface area contributed by atoms with Crippen LogP contribution in [0.25, 0.3) is 0 Å². The zero-order valence-electron chi connectivity index (χ0n) is 20.9. The monoisotopic (exact) mass is 442 g/mol. The second-order valence-corrected chi connectivity index (χ2v) is 12.1. The largest absolute Gasteiger partial charge is 0.426 e. The highest BCUT2D eigenvalue weighted by Crippen LogP contribution is 2.41. The van der Waals surface area contributed by atoms with Crippen LogP contribution in [0.4, 0.5) is 0 Å². The van der Waals surface area contributed by atoms with E-state index in [2.05, 4.69) is 41.5 Å². The molecule has 0 saturated heterocycles. The quantitative estimate of drug-likeness (QED) is 0.365. The molecule has 4 nitrogen and oxygen atoms in total. The number of rotatable bonds is 4. The lowest BCUT2D eigenvalue weighted by Crippen LogP contribution is -2.30. The molecular weight excluding hydrogens is 400 g/mol. The maximum Gasteiger partial charge on any atom is 0.314 e. The molecule has 0 radical (unpaired) electrons. The first-order chi connectivity index (χ1) is 14.9. The molecule has 178 valence electrons. The summed E-state index contributed by atoms with van der Waals surface area (Å²) in [5, 5.41) is 0. The first-order valence-electron chi connectivity index (χ1n) is 12.5. The van der Waals surface area contributed by atoms with Gasteiger partial charge >= 0.3 is 11.9 Å². The zero-order chi connectivity index (χ0) is 23.5. The molecule has 0 bridgehead atoms. The number of carbonyl (C=O) groups excluding carboxylic acids is 2. The van der Waals surface area contributed by atoms with Gasteiger partial charge in [0.1, 0.15) is 11.5 Å². The molecule has 3 rings (SSSR count). The first-order valence-corrected chi connectivity index (χ1v) is 12.5. The minimum atomic E-state index is -0.141. The van der Waals surface area contributed by atoms with Crippen molar-refractivity contribution in [2.24, 2.45) is 34.5 Å². The van der Waals surface area contributed by atoms with Crippen LogP contribution in [0.5, 0.6) is 11.5 Å². The van der Waals surface area contributed by atoms with Crippen molar-refractivity contribution in [1.29, 1.82) is 0 Å². The lowest BCUT2D eigenvalue weighted by Gasteiger charge is -2.36. The Morgan fingerprint density at radius 3 is 1.12 bits per heavy atom. The Kier molecular flexibility index (Phi) is 7.73. The van der Waals surface area contributed by atoms with Gasteiger partial charge in [-0.3, -0.25) is 9.59 Å². The van der Waals surface area contributed by atoms with Crippen LogP contribution in [0.15, 0.2) is 24.3 Å². The number of benzene rings is 1. The van der Waals surface area contributed by atoms with Gasteiger partial charge in [0, 0.05) is 0 Å². The maximum atomic E-state index is 12.6. The Hall–Kier alpha value is -1.84. The molecule has 0 amide bonds. The fourth-order valence-corrected chi connectivity index (χ4v) is 5.36. The van der Waals surface area contributed by atoms with Gasteiger partial charge in [0.05, 0.1) is 11.8 Å². The minimum Gasteiger partial charge on any atom is -0.426 e. The van der Waals surface area contributed by atoms with Crippen molar-refractivity contribution in [1.82, 2.24) is 0 Å². The van der Waals surface area contributed by atoms with Crippen molar-refractivity contribution in [2.45, 2.75) is 92.9 Å². The Morgan fingerprint density at radius 2 is 0.875 bits per heavy atom. The highest BCUT2D eigenvalue weighted by molar-refractivity contribution is 5.76. The average Bonchev–Trinajstić information content (AvgIpc) is 2.74. The van der Waals surface area contributed by atoms with Crippen molar-refractivity contribution in [3.8, 4) is 11.5 Å². The standard InChI is InChI=1S/C28H42O4/c1-27(2,3)21-11-7-19(8-12-21)25(29)31-23-15-17-24(18-16-23)32-26(30)20-9-13-22(14-10-20)28(4,5)6/h15-22H,7-14H2,1-6H3. The van der Waals surface area contributed by atoms with Crippen molar-refractivity contribution >= 4 is 11.9 Å². The second kappa shape index (κ2) is 9.97. The van der Waals surface area contributed by atoms with Crippen LogP contribution in [0, 0.1) is 34.5 Å². The molecule has 1 aromatic carbocycles. The normalized spacial score (nSPS) is 26.9. The van der Waals surface area contributed by atoms with E-state index in [-0.39, 0.29) is 23.8 Å². The highest BCUT2D eigenvalue weighted by atomic mass is 16.5. The highest BCUT2D eigenvalue weighted by Gasteiger charge is 2.34. The van der Waals surface area contributed by atoms with Crippen LogP contribution in [0.1, 0.15) is 92.9 Å². The molecule has 1 aromatic rings. The third-order valence-corrected chi connectivity index (χ3v) is 7.83. The van der Waals surface area contributed by atoms with Gasteiger partial charge in [0.2, 0.25) is 0 Å². The number of esters is 2. The van der Waals surface area contributed by atoms with Gasteiger partial charge < -0.3 is 9.47 Å². The molecule has 0 N–H and O–H groups in total. The summed E-state index contributed by atoms with van der Waals surface area (Å²) in [6.07, 6.45) is 7.90. The van der Waals surface area contributed by atoms with E-state index in [0.29, 0.717) is 34.2 Å². The summed E-state index contributed by atoms with van der Waals surface area (Å²) < 4.78 is 11.2. The molecule has 4 heteroatoms. The maximum absolute atomic E-state index is 12.6. The number of carbonyl (C=O) groups is 2. The fraction of sp³-hybridized carbons (Fsp3) is 0.714. The zero-order valence-corrected chi connectivity index (χ0v) is 20.9. The molecule has 2 aliphatic rings. The van der Waals surface area contributed by atoms with E-state index in [4.69, 9.17) is 9.47 Å². The number of hydrogen-bond donors (Lipinski definition) is 0. The summed E-state index contributed by atoms with van der Waals surface area (Å²) in [4.78, 5) is 25.2. The minimum absolute atomic E-state index is 0.0191. The molecule has 0 heterocycles. The van der Waals surface area contributed by atoms with Crippen LogP contribution < -0.4 is 9.47 Å². The van der Waals surface area contributed by atoms with Gasteiger partial charge in [0.25, 0.3) is 0 Å². The van der Waals surface area contributed by atoms with E-state index >= 15 is 0 Å². The van der Waals surface area contributed by atoms with Crippen molar-refractivity contribution in [2.75, 3.05) is 0 Å². The van der Waals surface area contributed by atoms with Gasteiger partial charge in [-0.15, -0.1) is 0 Å². The summed E-state index contributed by atoms with van der Waals surface area (Å²) in [5.41, 5.74) is 0.599. The summed E-state index contributed by atoms with van der Waals surface area (Å²) in [6.45, 7) is 13.7. The van der Waals surface area contributed by atoms with Gasteiger partial charge in [-0.2, -0.15) is 0 Å². The third-order valence-electron chi connectivity index (χ3n) is 7.83. The third kappa shape index (κ3) is 6.59. The van der Waals surface area contributed by atoms with Gasteiger partial charge in [-0.1, -0.05) is 41.5 Å². The van der Waals surface area contributed by atoms with Gasteiger partial charge in [-0.05, 0) is 98.3 Å². The van der Waals surface area contributed by atoms with Crippen LogP contribution in [-0.4, -0.2) is 11.9 Å². The number of ether oxygens (including phenoxy) is 2. The van der Waals surface area contributed by atoms with Gasteiger partial charge in [-0.25, -0.2) is 0 Å². The summed E-state index contributed by atoms with van der Waals surface area (Å²) in [6, 6.07) is 6.88. The van der Waals surface area contributed by atoms with E-state index in [9.17, 15) is 9.59 Å². The van der Waals surface area contributed by atoms with Gasteiger partial charge in [0.15, 0.2) is 0 Å². The van der Waals surface area contributed by atoms with E-state index < -0.39 is 0 Å². The first kappa shape index (κ1) is 24.8. The van der Waals surface area contributed by atoms with Crippen LogP contribution in [0.2, 0.25) is 0 Å². The smallest absolute Gasteiger partial charge is 0.314 e. The SMILES string of the molecule is CC(C)(C)C1CCC(C(=O)Oc2ccc(OC(=O)C3CCC(C(C)(C)C)CC3)cc2)CC1. The summed E-state index contributed by atoms with van der Waals surface area (Å²) in [7, 11) is 0. The molecular formula is C28H42O4. The van der Waals surface area contributed by atoms with Crippen LogP contribution in [0.3, 0.4) is 0 Å². The second-order valence-electron chi connectivity index (χ2n) is 12.1. The molecule has 0 aromatic heterocycles. The Bertz CT molecular complexity index is 698. The van der Waals surface area contributed by atoms with E-state index in [1.807, 2.05) is 0 Å². The van der Waals surface area contributed by atoms with Crippen molar-refractivity contribution < 1.29 is 19.1 Å². The predicted octanol–water partition coefficient (Wildman–Crippen LogP) is 7.20. The molecule has 2 aliphatic carbocycles. The fourth-order valence-electron chi connectivity index (χ4n) is 5.36. The summed E-state index contributed by atoms with van der Waals surface area (Å²) in [5.74, 6) is 2.05. The van der Waals surface area contributed by atoms with E-state index in [0.717, 1.165) is 51.4 Å². The van der Waals surface area contributed by atoms with Crippen LogP contribution in [-0.2, 0) is 9.59 Å². The lowest BCUT2D eigenvalue weighted by atomic mass is 9.70. The Morgan fingerprint density at radius 1 is 0.594 bits per heavy atom. The molecule has 0 aliphatic heterocycles. The molecule has 0 spiro atoms. The molecule has 0 unspecified atom stereocenters. The van der Waals surface area contributed by atoms with Crippen molar-refractivity contribution in [3.05, 3.63) is 24.3 Å². The van der Waals surface area contributed by atoms with Crippen LogP contribution >= 0.6 is 0 Å². The Labute approximate surface area is 194 Å². The number of hydrogen-bond acceptors (Lipinski definition) is 4. The average molecular weight is 443 g/mol. The topological polar surface area (TPSA) is 52.6 Å². The Balaban J connectivity index is 1.45. The van der Waals surface area contributed by atoms with Crippen molar-refractivity contribution in [3.63, 3.8) is 0 Å². The van der Waals surface area contributed by atoms with E-state index in [1.54, 1.807) is 24.3 Å². The molecule has 32 heavy (non-hydrogen) atoms. The van der Waals surface area contributed by atoms with E-state index in [1.165, 1.54) is 0 Å². The predicted molar refractivity (Wildman–Crippen MR) is 128 cm³/mol. The molecule has 0 atom stereocenters. The molecule has 2 fully saturated rings. The molecule has 2 saturated carbocycles. The summed E-state index contributed by atoms with van der Waals surface area (Å²) >= 11 is 0.